The molecule has 1 aliphatic carbocycles. The molecule has 1 atom stereocenters. The molecular formula is C11H15NO. The van der Waals surface area contributed by atoms with Crippen LogP contribution < -0.4 is 5.56 Å². The summed E-state index contributed by atoms with van der Waals surface area (Å²) in [4.78, 5) is 14.4. The number of hydrogen-bond acceptors (Lipinski definition) is 1. The van der Waals surface area contributed by atoms with E-state index in [0.29, 0.717) is 5.92 Å². The van der Waals surface area contributed by atoms with Crippen molar-refractivity contribution in [1.82, 2.24) is 4.98 Å². The van der Waals surface area contributed by atoms with E-state index in [1.165, 1.54) is 24.1 Å². The van der Waals surface area contributed by atoms with Crippen molar-refractivity contribution >= 4 is 0 Å². The van der Waals surface area contributed by atoms with Crippen LogP contribution in [0.3, 0.4) is 0 Å². The summed E-state index contributed by atoms with van der Waals surface area (Å²) in [7, 11) is 0. The van der Waals surface area contributed by atoms with Crippen LogP contribution in [0.5, 0.6) is 0 Å². The fraction of sp³-hybridized carbons (Fsp3) is 0.545. The van der Waals surface area contributed by atoms with Gasteiger partial charge in [0.15, 0.2) is 0 Å². The van der Waals surface area contributed by atoms with Crippen molar-refractivity contribution in [2.24, 2.45) is 0 Å². The van der Waals surface area contributed by atoms with E-state index in [1.807, 2.05) is 13.0 Å². The number of aryl methyl sites for hydroxylation is 2. The SMILES string of the molecule is Cc1cc2c([nH]c1=O)C(C)CCC2. The van der Waals surface area contributed by atoms with Crippen LogP contribution in [-0.2, 0) is 6.42 Å². The molecule has 2 heteroatoms. The van der Waals surface area contributed by atoms with E-state index in [1.54, 1.807) is 0 Å². The van der Waals surface area contributed by atoms with Crippen LogP contribution in [0.1, 0.15) is 42.5 Å². The molecule has 2 nitrogen and oxygen atoms in total. The van der Waals surface area contributed by atoms with Crippen molar-refractivity contribution in [1.29, 1.82) is 0 Å². The maximum absolute atomic E-state index is 11.4. The van der Waals surface area contributed by atoms with E-state index < -0.39 is 0 Å². The predicted octanol–water partition coefficient (Wildman–Crippen LogP) is 2.12. The molecular weight excluding hydrogens is 162 g/mol. The number of fused-ring (bicyclic) bond motifs is 1. The highest BCUT2D eigenvalue weighted by Gasteiger charge is 2.17. The van der Waals surface area contributed by atoms with Crippen LogP contribution in [0.4, 0.5) is 0 Å². The average molecular weight is 177 g/mol. The first-order chi connectivity index (χ1) is 6.18. The maximum atomic E-state index is 11.4. The Bertz CT molecular complexity index is 378. The van der Waals surface area contributed by atoms with E-state index in [0.717, 1.165) is 12.0 Å². The largest absolute Gasteiger partial charge is 0.325 e. The minimum atomic E-state index is 0.0764. The molecule has 2 rings (SSSR count). The number of H-pyrrole nitrogens is 1. The molecule has 0 radical (unpaired) electrons. The number of pyridine rings is 1. The summed E-state index contributed by atoms with van der Waals surface area (Å²) in [6.45, 7) is 4.06. The minimum Gasteiger partial charge on any atom is -0.325 e. The molecule has 0 fully saturated rings. The van der Waals surface area contributed by atoms with Crippen LogP contribution in [0.15, 0.2) is 10.9 Å². The van der Waals surface area contributed by atoms with Crippen molar-refractivity contribution < 1.29 is 0 Å². The van der Waals surface area contributed by atoms with E-state index in [2.05, 4.69) is 11.9 Å². The number of hydrogen-bond donors (Lipinski definition) is 1. The molecule has 1 unspecified atom stereocenters. The van der Waals surface area contributed by atoms with Crippen LogP contribution in [0.25, 0.3) is 0 Å². The number of nitrogens with one attached hydrogen (secondary N) is 1. The highest BCUT2D eigenvalue weighted by Crippen LogP contribution is 2.28. The van der Waals surface area contributed by atoms with E-state index in [9.17, 15) is 4.79 Å². The molecule has 1 aliphatic rings. The van der Waals surface area contributed by atoms with Gasteiger partial charge in [0.1, 0.15) is 0 Å². The first-order valence-corrected chi connectivity index (χ1v) is 4.91. The Balaban J connectivity index is 2.59. The van der Waals surface area contributed by atoms with Gasteiger partial charge in [-0.05, 0) is 43.7 Å². The summed E-state index contributed by atoms with van der Waals surface area (Å²) in [5.74, 6) is 0.525. The molecule has 0 saturated heterocycles. The molecule has 13 heavy (non-hydrogen) atoms. The first kappa shape index (κ1) is 8.54. The quantitative estimate of drug-likeness (QED) is 0.647. The van der Waals surface area contributed by atoms with Gasteiger partial charge in [0.25, 0.3) is 5.56 Å². The smallest absolute Gasteiger partial charge is 0.251 e. The summed E-state index contributed by atoms with van der Waals surface area (Å²) in [5.41, 5.74) is 3.43. The lowest BCUT2D eigenvalue weighted by molar-refractivity contribution is 0.570. The molecule has 0 saturated carbocycles. The third-order valence-corrected chi connectivity index (χ3v) is 2.92. The molecule has 1 aromatic heterocycles. The van der Waals surface area contributed by atoms with Gasteiger partial charge in [0, 0.05) is 11.3 Å². The lowest BCUT2D eigenvalue weighted by Crippen LogP contribution is -2.18. The molecule has 0 bridgehead atoms. The van der Waals surface area contributed by atoms with Gasteiger partial charge in [0.2, 0.25) is 0 Å². The van der Waals surface area contributed by atoms with Crippen molar-refractivity contribution in [2.45, 2.75) is 39.0 Å². The monoisotopic (exact) mass is 177 g/mol. The molecule has 1 heterocycles. The standard InChI is InChI=1S/C11H15NO/c1-7-4-3-5-9-6-8(2)11(13)12-10(7)9/h6-7H,3-5H2,1-2H3,(H,12,13). The van der Waals surface area contributed by atoms with Gasteiger partial charge in [-0.25, -0.2) is 0 Å². The third kappa shape index (κ3) is 1.41. The number of rotatable bonds is 0. The maximum Gasteiger partial charge on any atom is 0.251 e. The molecule has 0 aliphatic heterocycles. The third-order valence-electron chi connectivity index (χ3n) is 2.92. The lowest BCUT2D eigenvalue weighted by Gasteiger charge is -2.21. The molecule has 1 aromatic rings. The van der Waals surface area contributed by atoms with E-state index >= 15 is 0 Å². The van der Waals surface area contributed by atoms with E-state index in [-0.39, 0.29) is 5.56 Å². The Hall–Kier alpha value is -1.05. The highest BCUT2D eigenvalue weighted by molar-refractivity contribution is 5.29. The summed E-state index contributed by atoms with van der Waals surface area (Å²) in [6, 6.07) is 2.05. The summed E-state index contributed by atoms with van der Waals surface area (Å²) in [5, 5.41) is 0. The summed E-state index contributed by atoms with van der Waals surface area (Å²) < 4.78 is 0. The zero-order valence-electron chi connectivity index (χ0n) is 8.18. The zero-order chi connectivity index (χ0) is 9.42. The second kappa shape index (κ2) is 3.02. The fourth-order valence-corrected chi connectivity index (χ4v) is 2.10. The van der Waals surface area contributed by atoms with Crippen molar-refractivity contribution in [3.05, 3.63) is 33.2 Å². The van der Waals surface area contributed by atoms with E-state index in [4.69, 9.17) is 0 Å². The lowest BCUT2D eigenvalue weighted by atomic mass is 9.87. The molecule has 0 aromatic carbocycles. The van der Waals surface area contributed by atoms with Crippen molar-refractivity contribution in [2.75, 3.05) is 0 Å². The molecule has 0 spiro atoms. The minimum absolute atomic E-state index is 0.0764. The average Bonchev–Trinajstić information content (AvgIpc) is 2.09. The molecule has 1 N–H and O–H groups in total. The first-order valence-electron chi connectivity index (χ1n) is 4.91. The normalized spacial score (nSPS) is 21.2. The Morgan fingerprint density at radius 2 is 2.31 bits per heavy atom. The van der Waals surface area contributed by atoms with Gasteiger partial charge in [-0.3, -0.25) is 4.79 Å². The van der Waals surface area contributed by atoms with Gasteiger partial charge in [-0.2, -0.15) is 0 Å². The highest BCUT2D eigenvalue weighted by atomic mass is 16.1. The second-order valence-electron chi connectivity index (χ2n) is 4.01. The fourth-order valence-electron chi connectivity index (χ4n) is 2.10. The Kier molecular flexibility index (Phi) is 1.98. The second-order valence-corrected chi connectivity index (χ2v) is 4.01. The number of aromatic nitrogens is 1. The van der Waals surface area contributed by atoms with Crippen LogP contribution in [0.2, 0.25) is 0 Å². The van der Waals surface area contributed by atoms with Gasteiger partial charge < -0.3 is 4.98 Å². The Morgan fingerprint density at radius 1 is 1.54 bits per heavy atom. The van der Waals surface area contributed by atoms with Gasteiger partial charge in [-0.1, -0.05) is 6.92 Å². The Labute approximate surface area is 78.0 Å². The van der Waals surface area contributed by atoms with Crippen LogP contribution in [0, 0.1) is 6.92 Å². The summed E-state index contributed by atoms with van der Waals surface area (Å²) in [6.07, 6.45) is 3.57. The summed E-state index contributed by atoms with van der Waals surface area (Å²) >= 11 is 0. The van der Waals surface area contributed by atoms with Gasteiger partial charge in [-0.15, -0.1) is 0 Å². The predicted molar refractivity (Wildman–Crippen MR) is 53.2 cm³/mol. The number of aromatic amines is 1. The van der Waals surface area contributed by atoms with Gasteiger partial charge in [0.05, 0.1) is 0 Å². The van der Waals surface area contributed by atoms with Gasteiger partial charge >= 0.3 is 0 Å². The van der Waals surface area contributed by atoms with Crippen molar-refractivity contribution in [3.8, 4) is 0 Å². The zero-order valence-corrected chi connectivity index (χ0v) is 8.18. The van der Waals surface area contributed by atoms with Crippen LogP contribution >= 0.6 is 0 Å². The topological polar surface area (TPSA) is 32.9 Å². The molecule has 0 amide bonds. The van der Waals surface area contributed by atoms with Crippen LogP contribution in [-0.4, -0.2) is 4.98 Å². The Morgan fingerprint density at radius 3 is 3.08 bits per heavy atom. The molecule has 70 valence electrons. The van der Waals surface area contributed by atoms with Crippen molar-refractivity contribution in [3.63, 3.8) is 0 Å².